The van der Waals surface area contributed by atoms with Crippen molar-refractivity contribution in [2.75, 3.05) is 31.1 Å². The van der Waals surface area contributed by atoms with E-state index in [4.69, 9.17) is 5.73 Å². The van der Waals surface area contributed by atoms with Gasteiger partial charge in [-0.2, -0.15) is 0 Å². The molecule has 0 saturated carbocycles. The van der Waals surface area contributed by atoms with Crippen molar-refractivity contribution >= 4 is 5.95 Å². The molecule has 0 radical (unpaired) electrons. The minimum atomic E-state index is 0.204. The van der Waals surface area contributed by atoms with Gasteiger partial charge in [0.25, 0.3) is 0 Å². The molecule has 0 bridgehead atoms. The van der Waals surface area contributed by atoms with Crippen molar-refractivity contribution in [3.63, 3.8) is 0 Å². The SMILES string of the molecule is CCC(N)Cc1cnc(N2CCN(C(C)(C)C)CC2)nc1. The van der Waals surface area contributed by atoms with E-state index in [9.17, 15) is 0 Å². The van der Waals surface area contributed by atoms with Crippen LogP contribution in [0.2, 0.25) is 0 Å². The summed E-state index contributed by atoms with van der Waals surface area (Å²) in [6.07, 6.45) is 5.69. The van der Waals surface area contributed by atoms with Gasteiger partial charge in [-0.1, -0.05) is 6.92 Å². The molecule has 1 unspecified atom stereocenters. The predicted molar refractivity (Wildman–Crippen MR) is 87.5 cm³/mol. The number of piperazine rings is 1. The van der Waals surface area contributed by atoms with E-state index in [1.54, 1.807) is 0 Å². The van der Waals surface area contributed by atoms with E-state index < -0.39 is 0 Å². The monoisotopic (exact) mass is 291 g/mol. The Hall–Kier alpha value is -1.20. The smallest absolute Gasteiger partial charge is 0.225 e. The van der Waals surface area contributed by atoms with Crippen molar-refractivity contribution in [2.45, 2.75) is 52.1 Å². The van der Waals surface area contributed by atoms with Crippen LogP contribution in [0.25, 0.3) is 0 Å². The molecule has 0 aromatic carbocycles. The molecule has 1 saturated heterocycles. The van der Waals surface area contributed by atoms with Crippen LogP contribution in [0.15, 0.2) is 12.4 Å². The first-order chi connectivity index (χ1) is 9.90. The highest BCUT2D eigenvalue weighted by Crippen LogP contribution is 2.18. The second kappa shape index (κ2) is 6.71. The molecule has 1 aromatic rings. The first-order valence-electron chi connectivity index (χ1n) is 7.96. The molecular weight excluding hydrogens is 262 g/mol. The van der Waals surface area contributed by atoms with Crippen LogP contribution in [0.3, 0.4) is 0 Å². The largest absolute Gasteiger partial charge is 0.338 e. The summed E-state index contributed by atoms with van der Waals surface area (Å²) in [5.41, 5.74) is 7.34. The number of nitrogens with zero attached hydrogens (tertiary/aromatic N) is 4. The predicted octanol–water partition coefficient (Wildman–Crippen LogP) is 1.68. The fraction of sp³-hybridized carbons (Fsp3) is 0.750. The third-order valence-electron chi connectivity index (χ3n) is 4.23. The lowest BCUT2D eigenvalue weighted by Crippen LogP contribution is -2.53. The fourth-order valence-electron chi connectivity index (χ4n) is 2.64. The van der Waals surface area contributed by atoms with Crippen LogP contribution in [0.5, 0.6) is 0 Å². The molecule has 0 spiro atoms. The van der Waals surface area contributed by atoms with Crippen molar-refractivity contribution < 1.29 is 0 Å². The van der Waals surface area contributed by atoms with Gasteiger partial charge in [0.05, 0.1) is 0 Å². The van der Waals surface area contributed by atoms with Gasteiger partial charge in [0, 0.05) is 50.2 Å². The lowest BCUT2D eigenvalue weighted by atomic mass is 10.1. The molecule has 1 aromatic heterocycles. The molecule has 0 amide bonds. The normalized spacial score (nSPS) is 18.8. The second-order valence-electron chi connectivity index (χ2n) is 6.91. The van der Waals surface area contributed by atoms with Gasteiger partial charge in [-0.25, -0.2) is 9.97 Å². The van der Waals surface area contributed by atoms with Crippen molar-refractivity contribution in [3.8, 4) is 0 Å². The van der Waals surface area contributed by atoms with Gasteiger partial charge in [0.15, 0.2) is 0 Å². The molecule has 2 N–H and O–H groups in total. The Balaban J connectivity index is 1.92. The summed E-state index contributed by atoms with van der Waals surface area (Å²) in [4.78, 5) is 13.8. The molecule has 1 aliphatic rings. The number of hydrogen-bond acceptors (Lipinski definition) is 5. The van der Waals surface area contributed by atoms with E-state index in [2.05, 4.69) is 47.5 Å². The number of anilines is 1. The van der Waals surface area contributed by atoms with E-state index in [1.807, 2.05) is 12.4 Å². The Morgan fingerprint density at radius 3 is 2.19 bits per heavy atom. The molecule has 1 atom stereocenters. The van der Waals surface area contributed by atoms with Crippen molar-refractivity contribution in [2.24, 2.45) is 5.73 Å². The van der Waals surface area contributed by atoms with E-state index in [-0.39, 0.29) is 11.6 Å². The highest BCUT2D eigenvalue weighted by Gasteiger charge is 2.26. The summed E-state index contributed by atoms with van der Waals surface area (Å²) in [5.74, 6) is 0.845. The molecule has 5 nitrogen and oxygen atoms in total. The maximum atomic E-state index is 5.97. The summed E-state index contributed by atoms with van der Waals surface area (Å²) in [6, 6.07) is 0.204. The van der Waals surface area contributed by atoms with Crippen molar-refractivity contribution in [3.05, 3.63) is 18.0 Å². The Bertz CT molecular complexity index is 429. The molecule has 5 heteroatoms. The maximum absolute atomic E-state index is 5.97. The summed E-state index contributed by atoms with van der Waals surface area (Å²) < 4.78 is 0. The molecule has 2 rings (SSSR count). The maximum Gasteiger partial charge on any atom is 0.225 e. The van der Waals surface area contributed by atoms with Crippen LogP contribution in [-0.2, 0) is 6.42 Å². The van der Waals surface area contributed by atoms with E-state index >= 15 is 0 Å². The Kier molecular flexibility index (Phi) is 5.17. The minimum absolute atomic E-state index is 0.204. The lowest BCUT2D eigenvalue weighted by Gasteiger charge is -2.42. The molecule has 1 fully saturated rings. The van der Waals surface area contributed by atoms with E-state index in [1.165, 1.54) is 0 Å². The molecule has 118 valence electrons. The summed E-state index contributed by atoms with van der Waals surface area (Å²) in [5, 5.41) is 0. The lowest BCUT2D eigenvalue weighted by molar-refractivity contribution is 0.128. The zero-order chi connectivity index (χ0) is 15.5. The molecule has 21 heavy (non-hydrogen) atoms. The van der Waals surface area contributed by atoms with Crippen LogP contribution in [0, 0.1) is 0 Å². The average Bonchev–Trinajstić information content (AvgIpc) is 2.47. The summed E-state index contributed by atoms with van der Waals surface area (Å²) >= 11 is 0. The van der Waals surface area contributed by atoms with Gasteiger partial charge in [-0.05, 0) is 39.2 Å². The van der Waals surface area contributed by atoms with Crippen LogP contribution >= 0.6 is 0 Å². The zero-order valence-corrected chi connectivity index (χ0v) is 13.8. The highest BCUT2D eigenvalue weighted by atomic mass is 15.3. The number of rotatable bonds is 4. The van der Waals surface area contributed by atoms with Gasteiger partial charge in [0.2, 0.25) is 5.95 Å². The van der Waals surface area contributed by atoms with Gasteiger partial charge >= 0.3 is 0 Å². The van der Waals surface area contributed by atoms with Crippen LogP contribution in [0.1, 0.15) is 39.7 Å². The summed E-state index contributed by atoms with van der Waals surface area (Å²) in [6.45, 7) is 13.0. The van der Waals surface area contributed by atoms with Gasteiger partial charge < -0.3 is 10.6 Å². The quantitative estimate of drug-likeness (QED) is 0.914. The van der Waals surface area contributed by atoms with Gasteiger partial charge in [-0.3, -0.25) is 4.90 Å². The third kappa shape index (κ3) is 4.38. The molecule has 1 aliphatic heterocycles. The average molecular weight is 291 g/mol. The summed E-state index contributed by atoms with van der Waals surface area (Å²) in [7, 11) is 0. The zero-order valence-electron chi connectivity index (χ0n) is 13.8. The van der Waals surface area contributed by atoms with Crippen LogP contribution in [0.4, 0.5) is 5.95 Å². The van der Waals surface area contributed by atoms with Gasteiger partial charge in [-0.15, -0.1) is 0 Å². The first kappa shape index (κ1) is 16.2. The molecule has 2 heterocycles. The molecule has 0 aliphatic carbocycles. The Morgan fingerprint density at radius 2 is 1.71 bits per heavy atom. The van der Waals surface area contributed by atoms with E-state index in [0.717, 1.165) is 50.5 Å². The minimum Gasteiger partial charge on any atom is -0.338 e. The number of nitrogens with two attached hydrogens (primary N) is 1. The van der Waals surface area contributed by atoms with Crippen LogP contribution in [-0.4, -0.2) is 52.6 Å². The number of hydrogen-bond donors (Lipinski definition) is 1. The highest BCUT2D eigenvalue weighted by molar-refractivity contribution is 5.31. The molecular formula is C16H29N5. The fourth-order valence-corrected chi connectivity index (χ4v) is 2.64. The Labute approximate surface area is 128 Å². The topological polar surface area (TPSA) is 58.3 Å². The van der Waals surface area contributed by atoms with Crippen LogP contribution < -0.4 is 10.6 Å². The van der Waals surface area contributed by atoms with Crippen molar-refractivity contribution in [1.82, 2.24) is 14.9 Å². The third-order valence-corrected chi connectivity index (χ3v) is 4.23. The first-order valence-corrected chi connectivity index (χ1v) is 7.96. The van der Waals surface area contributed by atoms with E-state index in [0.29, 0.717) is 0 Å². The number of aromatic nitrogens is 2. The standard InChI is InChI=1S/C16H29N5/c1-5-14(17)10-13-11-18-15(19-12-13)20-6-8-21(9-7-20)16(2,3)4/h11-12,14H,5-10,17H2,1-4H3. The Morgan fingerprint density at radius 1 is 1.14 bits per heavy atom. The van der Waals surface area contributed by atoms with Crippen molar-refractivity contribution in [1.29, 1.82) is 0 Å². The second-order valence-corrected chi connectivity index (χ2v) is 6.91. The van der Waals surface area contributed by atoms with Gasteiger partial charge in [0.1, 0.15) is 0 Å².